The third-order valence-electron chi connectivity index (χ3n) is 9.49. The van der Waals surface area contributed by atoms with Gasteiger partial charge in [-0.15, -0.1) is 0 Å². The lowest BCUT2D eigenvalue weighted by molar-refractivity contribution is -0.139. The molecule has 3 aromatic carbocycles. The van der Waals surface area contributed by atoms with Gasteiger partial charge in [-0.05, 0) is 73.7 Å². The van der Waals surface area contributed by atoms with Gasteiger partial charge in [-0.3, -0.25) is 9.59 Å². The molecule has 214 valence electrons. The molecule has 2 atom stereocenters. The number of rotatable bonds is 7. The number of para-hydroxylation sites is 1. The van der Waals surface area contributed by atoms with Crippen molar-refractivity contribution in [2.24, 2.45) is 11.3 Å². The molecule has 6 nitrogen and oxygen atoms in total. The van der Waals surface area contributed by atoms with Gasteiger partial charge in [-0.2, -0.15) is 0 Å². The fourth-order valence-electron chi connectivity index (χ4n) is 7.10. The quantitative estimate of drug-likeness (QED) is 0.336. The van der Waals surface area contributed by atoms with Crippen molar-refractivity contribution >= 4 is 27.7 Å². The first-order chi connectivity index (χ1) is 20.0. The number of benzene rings is 3. The van der Waals surface area contributed by atoms with Crippen LogP contribution in [-0.4, -0.2) is 72.9 Å². The Morgan fingerprint density at radius 1 is 0.902 bits per heavy atom. The molecular formula is C34H38BrN3O3. The first-order valence-electron chi connectivity index (χ1n) is 14.7. The highest BCUT2D eigenvalue weighted by Crippen LogP contribution is 2.43. The third-order valence-corrected chi connectivity index (χ3v) is 10.0. The van der Waals surface area contributed by atoms with Crippen LogP contribution in [0.25, 0.3) is 0 Å². The van der Waals surface area contributed by atoms with Gasteiger partial charge in [0.1, 0.15) is 5.75 Å². The van der Waals surface area contributed by atoms with Crippen LogP contribution in [0.15, 0.2) is 83.3 Å². The molecule has 0 aromatic heterocycles. The molecule has 6 rings (SSSR count). The van der Waals surface area contributed by atoms with E-state index >= 15 is 0 Å². The number of carbonyl (C=O) groups excluding carboxylic acids is 2. The van der Waals surface area contributed by atoms with Crippen molar-refractivity contribution in [3.05, 3.63) is 100 Å². The third kappa shape index (κ3) is 5.80. The van der Waals surface area contributed by atoms with Gasteiger partial charge in [0.2, 0.25) is 5.91 Å². The highest BCUT2D eigenvalue weighted by molar-refractivity contribution is 9.10. The summed E-state index contributed by atoms with van der Waals surface area (Å²) in [4.78, 5) is 33.8. The number of methoxy groups -OCH3 is 1. The Kier molecular flexibility index (Phi) is 8.18. The number of carbonyl (C=O) groups is 2. The van der Waals surface area contributed by atoms with E-state index in [9.17, 15) is 9.59 Å². The Morgan fingerprint density at radius 2 is 1.59 bits per heavy atom. The second-order valence-electron chi connectivity index (χ2n) is 11.9. The van der Waals surface area contributed by atoms with Crippen LogP contribution in [0.1, 0.15) is 46.7 Å². The lowest BCUT2D eigenvalue weighted by Crippen LogP contribution is -2.46. The van der Waals surface area contributed by atoms with Gasteiger partial charge in [-0.1, -0.05) is 70.5 Å². The van der Waals surface area contributed by atoms with Crippen molar-refractivity contribution < 1.29 is 14.3 Å². The number of halogens is 1. The zero-order valence-corrected chi connectivity index (χ0v) is 25.3. The molecule has 0 saturated carbocycles. The molecule has 3 saturated heterocycles. The van der Waals surface area contributed by atoms with Crippen LogP contribution in [0.4, 0.5) is 0 Å². The molecule has 2 amide bonds. The molecule has 0 aliphatic carbocycles. The summed E-state index contributed by atoms with van der Waals surface area (Å²) < 4.78 is 6.55. The molecule has 0 N–H and O–H groups in total. The molecule has 3 aromatic rings. The summed E-state index contributed by atoms with van der Waals surface area (Å²) in [6.45, 7) is 5.74. The van der Waals surface area contributed by atoms with E-state index in [1.807, 2.05) is 47.4 Å². The lowest BCUT2D eigenvalue weighted by atomic mass is 9.76. The molecule has 0 bridgehead atoms. The predicted octanol–water partition coefficient (Wildman–Crippen LogP) is 5.83. The number of ether oxygens (including phenoxy) is 1. The molecular weight excluding hydrogens is 578 g/mol. The Morgan fingerprint density at radius 3 is 2.32 bits per heavy atom. The Labute approximate surface area is 251 Å². The molecule has 1 spiro atoms. The Hall–Kier alpha value is -3.16. The molecule has 3 aliphatic heterocycles. The molecule has 3 heterocycles. The van der Waals surface area contributed by atoms with Crippen LogP contribution in [0.3, 0.4) is 0 Å². The highest BCUT2D eigenvalue weighted by Gasteiger charge is 2.48. The van der Waals surface area contributed by atoms with Crippen LogP contribution in [-0.2, 0) is 11.3 Å². The summed E-state index contributed by atoms with van der Waals surface area (Å²) >= 11 is 3.50. The van der Waals surface area contributed by atoms with Crippen LogP contribution in [0, 0.1) is 11.3 Å². The minimum Gasteiger partial charge on any atom is -0.496 e. The molecule has 3 fully saturated rings. The van der Waals surface area contributed by atoms with Crippen LogP contribution >= 0.6 is 15.9 Å². The molecule has 41 heavy (non-hydrogen) atoms. The maximum atomic E-state index is 13.6. The van der Waals surface area contributed by atoms with Crippen LogP contribution in [0.2, 0.25) is 0 Å². The van der Waals surface area contributed by atoms with E-state index in [-0.39, 0.29) is 17.2 Å². The average molecular weight is 617 g/mol. The first kappa shape index (κ1) is 28.0. The number of hydrogen-bond donors (Lipinski definition) is 0. The topological polar surface area (TPSA) is 53.1 Å². The Balaban J connectivity index is 1.11. The van der Waals surface area contributed by atoms with E-state index in [0.717, 1.165) is 56.5 Å². The monoisotopic (exact) mass is 615 g/mol. The van der Waals surface area contributed by atoms with E-state index in [2.05, 4.69) is 62.1 Å². The second-order valence-corrected chi connectivity index (χ2v) is 12.8. The summed E-state index contributed by atoms with van der Waals surface area (Å²) in [6, 6.07) is 26.4. The fraction of sp³-hybridized carbons (Fsp3) is 0.412. The maximum absolute atomic E-state index is 13.6. The van der Waals surface area contributed by atoms with E-state index in [1.165, 1.54) is 11.1 Å². The van der Waals surface area contributed by atoms with E-state index < -0.39 is 0 Å². The Bertz CT molecular complexity index is 1370. The minimum atomic E-state index is -0.216. The summed E-state index contributed by atoms with van der Waals surface area (Å²) in [5.74, 6) is 1.59. The fourth-order valence-corrected chi connectivity index (χ4v) is 7.37. The van der Waals surface area contributed by atoms with Gasteiger partial charge in [0.05, 0.1) is 18.1 Å². The summed E-state index contributed by atoms with van der Waals surface area (Å²) in [5.41, 5.74) is 2.87. The SMILES string of the molecule is COc1ccccc1C(=O)N1C[C@H](CN2CCC3(CC2)CCN(Cc2ccc(Br)cc2)C3=O)[C@@H](c2ccccc2)C1. The minimum absolute atomic E-state index is 0.0332. The molecule has 0 radical (unpaired) electrons. The number of piperidine rings is 1. The summed E-state index contributed by atoms with van der Waals surface area (Å²) in [5, 5.41) is 0. The normalized spacial score (nSPS) is 22.4. The van der Waals surface area contributed by atoms with Gasteiger partial charge in [0.15, 0.2) is 0 Å². The first-order valence-corrected chi connectivity index (χ1v) is 15.5. The van der Waals surface area contributed by atoms with E-state index in [1.54, 1.807) is 7.11 Å². The number of hydrogen-bond acceptors (Lipinski definition) is 4. The van der Waals surface area contributed by atoms with E-state index in [0.29, 0.717) is 36.2 Å². The van der Waals surface area contributed by atoms with Crippen molar-refractivity contribution in [2.75, 3.05) is 46.4 Å². The number of likely N-dealkylation sites (tertiary alicyclic amines) is 3. The van der Waals surface area contributed by atoms with Gasteiger partial charge < -0.3 is 19.4 Å². The maximum Gasteiger partial charge on any atom is 0.257 e. The smallest absolute Gasteiger partial charge is 0.257 e. The van der Waals surface area contributed by atoms with Crippen molar-refractivity contribution in [2.45, 2.75) is 31.7 Å². The lowest BCUT2D eigenvalue weighted by Gasteiger charge is -2.39. The predicted molar refractivity (Wildman–Crippen MR) is 164 cm³/mol. The van der Waals surface area contributed by atoms with Gasteiger partial charge in [0, 0.05) is 43.1 Å². The van der Waals surface area contributed by atoms with Crippen molar-refractivity contribution in [3.8, 4) is 5.75 Å². The zero-order chi connectivity index (χ0) is 28.4. The summed E-state index contributed by atoms with van der Waals surface area (Å²) in [7, 11) is 1.61. The zero-order valence-electron chi connectivity index (χ0n) is 23.7. The van der Waals surface area contributed by atoms with Crippen LogP contribution in [0.5, 0.6) is 5.75 Å². The van der Waals surface area contributed by atoms with Crippen molar-refractivity contribution in [3.63, 3.8) is 0 Å². The standard InChI is InChI=1S/C34H38BrN3O3/c1-41-31-10-6-5-9-29(31)32(39)38-23-27(30(24-38)26-7-3-2-4-8-26)22-36-18-15-34(16-19-36)17-20-37(33(34)40)21-25-11-13-28(35)14-12-25/h2-14,27,30H,15-24H2,1H3/t27-,30+/m0/s1. The molecule has 3 aliphatic rings. The highest BCUT2D eigenvalue weighted by atomic mass is 79.9. The number of nitrogens with zero attached hydrogens (tertiary/aromatic N) is 3. The largest absolute Gasteiger partial charge is 0.496 e. The van der Waals surface area contributed by atoms with E-state index in [4.69, 9.17) is 4.74 Å². The number of amides is 2. The van der Waals surface area contributed by atoms with Crippen molar-refractivity contribution in [1.29, 1.82) is 0 Å². The van der Waals surface area contributed by atoms with Gasteiger partial charge in [-0.25, -0.2) is 0 Å². The van der Waals surface area contributed by atoms with Gasteiger partial charge >= 0.3 is 0 Å². The molecule has 7 heteroatoms. The van der Waals surface area contributed by atoms with Gasteiger partial charge in [0.25, 0.3) is 5.91 Å². The van der Waals surface area contributed by atoms with Crippen LogP contribution < -0.4 is 4.74 Å². The van der Waals surface area contributed by atoms with Crippen molar-refractivity contribution in [1.82, 2.24) is 14.7 Å². The average Bonchev–Trinajstić information content (AvgIpc) is 3.56. The summed E-state index contributed by atoms with van der Waals surface area (Å²) in [6.07, 6.45) is 2.78. The molecule has 0 unspecified atom stereocenters. The second kappa shape index (κ2) is 12.0.